The maximum absolute atomic E-state index is 11.8. The van der Waals surface area contributed by atoms with Gasteiger partial charge in [0.2, 0.25) is 0 Å². The first-order chi connectivity index (χ1) is 10.1. The molecule has 0 spiro atoms. The predicted molar refractivity (Wildman–Crippen MR) is 95.5 cm³/mol. The molecule has 0 atom stereocenters. The Morgan fingerprint density at radius 2 is 2.09 bits per heavy atom. The lowest BCUT2D eigenvalue weighted by Gasteiger charge is -2.24. The molecule has 0 radical (unpaired) electrons. The number of halogens is 2. The lowest BCUT2D eigenvalue weighted by molar-refractivity contribution is 0.0298. The second-order valence-corrected chi connectivity index (χ2v) is 7.26. The van der Waals surface area contributed by atoms with Crippen LogP contribution in [-0.2, 0) is 4.74 Å². The molecule has 0 aliphatic rings. The van der Waals surface area contributed by atoms with Crippen molar-refractivity contribution in [3.05, 3.63) is 21.6 Å². The van der Waals surface area contributed by atoms with Crippen molar-refractivity contribution in [2.75, 3.05) is 31.2 Å². The highest BCUT2D eigenvalue weighted by Gasteiger charge is 2.19. The molecule has 0 unspecified atom stereocenters. The number of nitrogens with two attached hydrogens (primary N) is 1. The number of rotatable bonds is 5. The number of carbonyl (C=O) groups is 1. The van der Waals surface area contributed by atoms with Crippen LogP contribution in [0.4, 0.5) is 16.2 Å². The summed E-state index contributed by atoms with van der Waals surface area (Å²) < 4.78 is 6.15. The third kappa shape index (κ3) is 5.93. The lowest BCUT2D eigenvalue weighted by Crippen LogP contribution is -2.35. The van der Waals surface area contributed by atoms with Gasteiger partial charge in [-0.3, -0.25) is 0 Å². The minimum absolute atomic E-state index is 0.323. The number of carbonyl (C=O) groups excluding carboxylic acids is 1. The van der Waals surface area contributed by atoms with Crippen LogP contribution in [0.2, 0.25) is 5.02 Å². The van der Waals surface area contributed by atoms with E-state index in [0.717, 1.165) is 16.6 Å². The van der Waals surface area contributed by atoms with Crippen LogP contribution >= 0.6 is 27.5 Å². The third-order valence-electron chi connectivity index (χ3n) is 2.82. The molecule has 1 aromatic rings. The van der Waals surface area contributed by atoms with Crippen LogP contribution in [0, 0.1) is 0 Å². The number of nitrogen functional groups attached to an aromatic ring is 1. The quantitative estimate of drug-likeness (QED) is 0.577. The number of amides is 1. The normalized spacial score (nSPS) is 11.2. The second-order valence-electron chi connectivity index (χ2n) is 6.00. The fraction of sp³-hybridized carbons (Fsp3) is 0.533. The molecule has 22 heavy (non-hydrogen) atoms. The van der Waals surface area contributed by atoms with Crippen LogP contribution in [0.3, 0.4) is 0 Å². The van der Waals surface area contributed by atoms with Crippen molar-refractivity contribution in [3.63, 3.8) is 0 Å². The van der Waals surface area contributed by atoms with E-state index in [4.69, 9.17) is 22.1 Å². The average Bonchev–Trinajstić information content (AvgIpc) is 2.40. The SMILES string of the molecule is CN(CCCNc1c(Br)ccc(Cl)c1N)C(=O)OC(C)(C)C. The van der Waals surface area contributed by atoms with Gasteiger partial charge in [0.1, 0.15) is 5.60 Å². The van der Waals surface area contributed by atoms with Crippen molar-refractivity contribution in [1.82, 2.24) is 4.90 Å². The van der Waals surface area contributed by atoms with E-state index in [1.165, 1.54) is 0 Å². The highest BCUT2D eigenvalue weighted by Crippen LogP contribution is 2.34. The molecular formula is C15H23BrClN3O2. The van der Waals surface area contributed by atoms with Gasteiger partial charge in [0, 0.05) is 24.6 Å². The molecule has 1 amide bonds. The first-order valence-electron chi connectivity index (χ1n) is 7.03. The molecule has 0 bridgehead atoms. The van der Waals surface area contributed by atoms with Gasteiger partial charge < -0.3 is 20.7 Å². The van der Waals surface area contributed by atoms with Crippen LogP contribution in [0.15, 0.2) is 16.6 Å². The zero-order chi connectivity index (χ0) is 16.9. The summed E-state index contributed by atoms with van der Waals surface area (Å²) in [6.45, 7) is 6.79. The molecule has 3 N–H and O–H groups in total. The summed E-state index contributed by atoms with van der Waals surface area (Å²) in [7, 11) is 1.72. The molecule has 0 saturated carbocycles. The van der Waals surface area contributed by atoms with Gasteiger partial charge >= 0.3 is 6.09 Å². The number of hydrogen-bond acceptors (Lipinski definition) is 4. The van der Waals surface area contributed by atoms with Gasteiger partial charge in [0.15, 0.2) is 0 Å². The van der Waals surface area contributed by atoms with Gasteiger partial charge in [0.05, 0.1) is 16.4 Å². The summed E-state index contributed by atoms with van der Waals surface area (Å²) in [6.07, 6.45) is 0.435. The minimum Gasteiger partial charge on any atom is -0.444 e. The molecule has 0 aromatic heterocycles. The van der Waals surface area contributed by atoms with Crippen molar-refractivity contribution in [2.45, 2.75) is 32.8 Å². The molecular weight excluding hydrogens is 370 g/mol. The summed E-state index contributed by atoms with van der Waals surface area (Å²) in [4.78, 5) is 13.4. The molecule has 124 valence electrons. The van der Waals surface area contributed by atoms with Crippen LogP contribution in [0.5, 0.6) is 0 Å². The highest BCUT2D eigenvalue weighted by atomic mass is 79.9. The van der Waals surface area contributed by atoms with Gasteiger partial charge in [-0.05, 0) is 55.3 Å². The molecule has 0 saturated heterocycles. The molecule has 7 heteroatoms. The fourth-order valence-electron chi connectivity index (χ4n) is 1.71. The lowest BCUT2D eigenvalue weighted by atomic mass is 10.2. The van der Waals surface area contributed by atoms with Crippen LogP contribution in [0.1, 0.15) is 27.2 Å². The van der Waals surface area contributed by atoms with E-state index in [9.17, 15) is 4.79 Å². The van der Waals surface area contributed by atoms with E-state index < -0.39 is 5.60 Å². The average molecular weight is 393 g/mol. The van der Waals surface area contributed by atoms with Crippen molar-refractivity contribution in [1.29, 1.82) is 0 Å². The summed E-state index contributed by atoms with van der Waals surface area (Å²) >= 11 is 9.43. The van der Waals surface area contributed by atoms with Crippen LogP contribution in [0.25, 0.3) is 0 Å². The maximum Gasteiger partial charge on any atom is 0.410 e. The third-order valence-corrected chi connectivity index (χ3v) is 3.81. The van der Waals surface area contributed by atoms with E-state index in [-0.39, 0.29) is 6.09 Å². The van der Waals surface area contributed by atoms with Gasteiger partial charge in [-0.2, -0.15) is 0 Å². The highest BCUT2D eigenvalue weighted by molar-refractivity contribution is 9.10. The molecule has 0 aliphatic carbocycles. The summed E-state index contributed by atoms with van der Waals surface area (Å²) in [5, 5.41) is 3.74. The van der Waals surface area contributed by atoms with Crippen LogP contribution in [-0.4, -0.2) is 36.7 Å². The Labute approximate surface area is 145 Å². The topological polar surface area (TPSA) is 67.6 Å². The number of nitrogens with one attached hydrogen (secondary N) is 1. The predicted octanol–water partition coefficient (Wildman–Crippen LogP) is 4.35. The zero-order valence-corrected chi connectivity index (χ0v) is 15.7. The molecule has 0 heterocycles. The first kappa shape index (κ1) is 18.9. The van der Waals surface area contributed by atoms with E-state index in [1.54, 1.807) is 18.0 Å². The van der Waals surface area contributed by atoms with Crippen molar-refractivity contribution in [3.8, 4) is 0 Å². The Morgan fingerprint density at radius 3 is 2.68 bits per heavy atom. The van der Waals surface area contributed by atoms with Crippen molar-refractivity contribution in [2.24, 2.45) is 0 Å². The van der Waals surface area contributed by atoms with Gasteiger partial charge in [-0.15, -0.1) is 0 Å². The maximum atomic E-state index is 11.8. The van der Waals surface area contributed by atoms with Gasteiger partial charge in [-0.25, -0.2) is 4.79 Å². The standard InChI is InChI=1S/C15H23BrClN3O2/c1-15(2,3)22-14(21)20(4)9-5-8-19-13-10(16)6-7-11(17)12(13)18/h6-7,19H,5,8-9,18H2,1-4H3. The molecule has 5 nitrogen and oxygen atoms in total. The number of ether oxygens (including phenoxy) is 1. The summed E-state index contributed by atoms with van der Waals surface area (Å²) in [5.41, 5.74) is 6.73. The Kier molecular flexibility index (Phi) is 6.81. The van der Waals surface area contributed by atoms with Crippen molar-refractivity contribution >= 4 is 45.0 Å². The first-order valence-corrected chi connectivity index (χ1v) is 8.20. The summed E-state index contributed by atoms with van der Waals surface area (Å²) in [5.74, 6) is 0. The molecule has 0 fully saturated rings. The van der Waals surface area contributed by atoms with E-state index in [1.807, 2.05) is 26.8 Å². The second kappa shape index (κ2) is 7.92. The smallest absolute Gasteiger partial charge is 0.410 e. The van der Waals surface area contributed by atoms with Crippen LogP contribution < -0.4 is 11.1 Å². The Morgan fingerprint density at radius 1 is 1.45 bits per heavy atom. The fourth-order valence-corrected chi connectivity index (χ4v) is 2.35. The van der Waals surface area contributed by atoms with Gasteiger partial charge in [-0.1, -0.05) is 11.6 Å². The number of anilines is 2. The number of nitrogens with zero attached hydrogens (tertiary/aromatic N) is 1. The van der Waals surface area contributed by atoms with E-state index in [0.29, 0.717) is 23.8 Å². The minimum atomic E-state index is -0.482. The largest absolute Gasteiger partial charge is 0.444 e. The summed E-state index contributed by atoms with van der Waals surface area (Å²) in [6, 6.07) is 3.58. The van der Waals surface area contributed by atoms with E-state index in [2.05, 4.69) is 21.2 Å². The van der Waals surface area contributed by atoms with Crippen molar-refractivity contribution < 1.29 is 9.53 Å². The zero-order valence-electron chi connectivity index (χ0n) is 13.4. The van der Waals surface area contributed by atoms with Gasteiger partial charge in [0.25, 0.3) is 0 Å². The molecule has 0 aliphatic heterocycles. The molecule has 1 aromatic carbocycles. The Bertz CT molecular complexity index is 532. The van der Waals surface area contributed by atoms with E-state index >= 15 is 0 Å². The monoisotopic (exact) mass is 391 g/mol. The number of hydrogen-bond donors (Lipinski definition) is 2. The Balaban J connectivity index is 2.43. The molecule has 1 rings (SSSR count). The Hall–Kier alpha value is -1.14. The number of benzene rings is 1.